The van der Waals surface area contributed by atoms with E-state index < -0.39 is 14.9 Å². The fraction of sp³-hybridized carbons (Fsp3) is 0.0833. The highest BCUT2D eigenvalue weighted by atomic mass is 35.5. The first kappa shape index (κ1) is 17.4. The number of aryl methyl sites for hydroxylation is 1. The summed E-state index contributed by atoms with van der Waals surface area (Å²) in [5.41, 5.74) is 0.280. The molecule has 0 aliphatic heterocycles. The van der Waals surface area contributed by atoms with Crippen molar-refractivity contribution in [2.45, 2.75) is 11.8 Å². The Hall–Kier alpha value is -1.94. The van der Waals surface area contributed by atoms with Crippen LogP contribution in [0, 0.1) is 17.0 Å². The topological polar surface area (TPSA) is 121 Å². The summed E-state index contributed by atoms with van der Waals surface area (Å²) in [7, 11) is -4.03. The third kappa shape index (κ3) is 3.70. The molecule has 1 aromatic carbocycles. The van der Waals surface area contributed by atoms with Crippen LogP contribution < -0.4 is 5.14 Å². The minimum atomic E-state index is -4.03. The first-order chi connectivity index (χ1) is 10.6. The molecule has 0 aliphatic rings. The molecule has 0 saturated heterocycles. The first-order valence-electron chi connectivity index (χ1n) is 5.99. The molecule has 1 aromatic heterocycles. The highest BCUT2D eigenvalue weighted by Gasteiger charge is 2.18. The van der Waals surface area contributed by atoms with Crippen LogP contribution in [0.3, 0.4) is 0 Å². The number of nitrogens with zero attached hydrogens (tertiary/aromatic N) is 3. The van der Waals surface area contributed by atoms with E-state index in [0.29, 0.717) is 5.82 Å². The zero-order valence-electron chi connectivity index (χ0n) is 11.6. The Morgan fingerprint density at radius 2 is 2.13 bits per heavy atom. The average molecular weight is 377 g/mol. The van der Waals surface area contributed by atoms with Crippen molar-refractivity contribution in [3.63, 3.8) is 0 Å². The number of nitro groups is 1. The van der Waals surface area contributed by atoms with Gasteiger partial charge in [0.1, 0.15) is 17.3 Å². The quantitative estimate of drug-likeness (QED) is 0.648. The van der Waals surface area contributed by atoms with Gasteiger partial charge in [-0.1, -0.05) is 29.3 Å². The number of hydrogen-bond acceptors (Lipinski definition) is 5. The Kier molecular flexibility index (Phi) is 4.76. The van der Waals surface area contributed by atoms with Crippen LogP contribution in [-0.4, -0.2) is 22.9 Å². The number of sulfonamides is 1. The lowest BCUT2D eigenvalue weighted by Gasteiger charge is -2.05. The number of benzene rings is 1. The van der Waals surface area contributed by atoms with E-state index in [-0.39, 0.29) is 26.3 Å². The number of halogens is 2. The lowest BCUT2D eigenvalue weighted by molar-refractivity contribution is -0.390. The highest BCUT2D eigenvalue weighted by Crippen LogP contribution is 2.28. The van der Waals surface area contributed by atoms with Gasteiger partial charge in [0.2, 0.25) is 10.0 Å². The molecule has 0 radical (unpaired) electrons. The van der Waals surface area contributed by atoms with Gasteiger partial charge in [-0.3, -0.25) is 0 Å². The van der Waals surface area contributed by atoms with Gasteiger partial charge in [0.05, 0.1) is 10.1 Å². The van der Waals surface area contributed by atoms with Crippen molar-refractivity contribution in [2.24, 2.45) is 5.14 Å². The van der Waals surface area contributed by atoms with Crippen LogP contribution in [0.4, 0.5) is 5.82 Å². The van der Waals surface area contributed by atoms with Gasteiger partial charge in [-0.25, -0.2) is 18.5 Å². The van der Waals surface area contributed by atoms with Crippen LogP contribution in [0.15, 0.2) is 29.3 Å². The molecule has 2 aromatic rings. The third-order valence-electron chi connectivity index (χ3n) is 2.91. The number of imidazole rings is 1. The van der Waals surface area contributed by atoms with Crippen molar-refractivity contribution in [3.8, 4) is 0 Å². The van der Waals surface area contributed by atoms with Gasteiger partial charge in [-0.2, -0.15) is 4.57 Å². The maximum absolute atomic E-state index is 11.5. The number of primary sulfonamides is 1. The Balaban J connectivity index is 2.56. The van der Waals surface area contributed by atoms with Crippen molar-refractivity contribution in [1.29, 1.82) is 0 Å². The summed E-state index contributed by atoms with van der Waals surface area (Å²) in [4.78, 5) is 13.9. The van der Waals surface area contributed by atoms with Crippen LogP contribution in [0.1, 0.15) is 11.4 Å². The number of hydrogen-bond donors (Lipinski definition) is 1. The van der Waals surface area contributed by atoms with Crippen molar-refractivity contribution < 1.29 is 13.3 Å². The molecule has 0 atom stereocenters. The van der Waals surface area contributed by atoms with E-state index in [1.54, 1.807) is 6.92 Å². The number of nitrogens with two attached hydrogens (primary N) is 1. The van der Waals surface area contributed by atoms with Gasteiger partial charge in [0.25, 0.3) is 0 Å². The lowest BCUT2D eigenvalue weighted by atomic mass is 10.2. The predicted molar refractivity (Wildman–Crippen MR) is 86.5 cm³/mol. The largest absolute Gasteiger partial charge is 0.358 e. The van der Waals surface area contributed by atoms with E-state index in [1.807, 2.05) is 0 Å². The maximum Gasteiger partial charge on any atom is 0.347 e. The Bertz CT molecular complexity index is 921. The standard InChI is InChI=1S/C12H10Cl2N4O4S/c1-7-16-5-12(18(19)20)17(7)6-10(14)8-2-3-9(13)11(4-8)23(15,21)22/h2-6H,1H3,(H2,15,21,22)/b10-6-. The molecule has 23 heavy (non-hydrogen) atoms. The predicted octanol–water partition coefficient (Wildman–Crippen LogP) is 2.59. The minimum absolute atomic E-state index is 0.0505. The lowest BCUT2D eigenvalue weighted by Crippen LogP contribution is -2.13. The summed E-state index contributed by atoms with van der Waals surface area (Å²) in [6.07, 6.45) is 2.35. The molecular weight excluding hydrogens is 367 g/mol. The van der Waals surface area contributed by atoms with Crippen LogP contribution in [0.5, 0.6) is 0 Å². The Labute approximate surface area is 141 Å². The molecule has 11 heteroatoms. The molecule has 0 bridgehead atoms. The summed E-state index contributed by atoms with van der Waals surface area (Å²) in [6.45, 7) is 1.56. The smallest absolute Gasteiger partial charge is 0.347 e. The van der Waals surface area contributed by atoms with Crippen molar-refractivity contribution >= 4 is 50.3 Å². The Morgan fingerprint density at radius 1 is 1.48 bits per heavy atom. The summed E-state index contributed by atoms with van der Waals surface area (Å²) >= 11 is 11.9. The van der Waals surface area contributed by atoms with Crippen LogP contribution in [-0.2, 0) is 10.0 Å². The summed E-state index contributed by atoms with van der Waals surface area (Å²) in [5, 5.41) is 16.0. The first-order valence-corrected chi connectivity index (χ1v) is 8.29. The van der Waals surface area contributed by atoms with Gasteiger partial charge < -0.3 is 10.1 Å². The van der Waals surface area contributed by atoms with Crippen molar-refractivity contribution in [3.05, 3.63) is 50.9 Å². The van der Waals surface area contributed by atoms with Crippen LogP contribution >= 0.6 is 23.2 Å². The van der Waals surface area contributed by atoms with Crippen LogP contribution in [0.2, 0.25) is 5.02 Å². The number of rotatable bonds is 4. The maximum atomic E-state index is 11.5. The monoisotopic (exact) mass is 376 g/mol. The van der Waals surface area contributed by atoms with E-state index in [2.05, 4.69) is 4.98 Å². The molecule has 0 aliphatic carbocycles. The normalized spacial score (nSPS) is 12.4. The van der Waals surface area contributed by atoms with Gasteiger partial charge in [-0.05, 0) is 22.6 Å². The van der Waals surface area contributed by atoms with E-state index in [4.69, 9.17) is 28.3 Å². The van der Waals surface area contributed by atoms with Crippen molar-refractivity contribution in [1.82, 2.24) is 9.55 Å². The Morgan fingerprint density at radius 3 is 2.70 bits per heavy atom. The fourth-order valence-electron chi connectivity index (χ4n) is 1.79. The van der Waals surface area contributed by atoms with E-state index in [0.717, 1.165) is 6.20 Å². The van der Waals surface area contributed by atoms with Gasteiger partial charge >= 0.3 is 5.82 Å². The fourth-order valence-corrected chi connectivity index (χ4v) is 3.08. The van der Waals surface area contributed by atoms with E-state index in [1.165, 1.54) is 29.0 Å². The number of aromatic nitrogens is 2. The van der Waals surface area contributed by atoms with E-state index in [9.17, 15) is 18.5 Å². The van der Waals surface area contributed by atoms with Crippen LogP contribution in [0.25, 0.3) is 11.2 Å². The average Bonchev–Trinajstić information content (AvgIpc) is 2.79. The third-order valence-corrected chi connectivity index (χ3v) is 4.61. The second-order valence-corrected chi connectivity index (χ2v) is 6.80. The SMILES string of the molecule is Cc1ncc([N+](=O)[O-])n1/C=C(\Cl)c1ccc(Cl)c(S(N)(=O)=O)c1. The second kappa shape index (κ2) is 6.28. The zero-order valence-corrected chi connectivity index (χ0v) is 13.9. The molecule has 2 N–H and O–H groups in total. The summed E-state index contributed by atoms with van der Waals surface area (Å²) < 4.78 is 24.1. The molecule has 0 amide bonds. The zero-order chi connectivity index (χ0) is 17.4. The molecule has 0 spiro atoms. The van der Waals surface area contributed by atoms with Gasteiger partial charge in [-0.15, -0.1) is 0 Å². The molecular formula is C12H10Cl2N4O4S. The minimum Gasteiger partial charge on any atom is -0.358 e. The van der Waals surface area contributed by atoms with Gasteiger partial charge in [0, 0.05) is 6.92 Å². The summed E-state index contributed by atoms with van der Waals surface area (Å²) in [5.74, 6) is 0.0665. The van der Waals surface area contributed by atoms with Crippen molar-refractivity contribution in [2.75, 3.05) is 0 Å². The molecule has 1 heterocycles. The molecule has 2 rings (SSSR count). The molecule has 8 nitrogen and oxygen atoms in total. The second-order valence-electron chi connectivity index (χ2n) is 4.46. The van der Waals surface area contributed by atoms with E-state index >= 15 is 0 Å². The summed E-state index contributed by atoms with van der Waals surface area (Å²) in [6, 6.07) is 3.98. The molecule has 0 fully saturated rings. The molecule has 0 unspecified atom stereocenters. The molecule has 0 saturated carbocycles. The van der Waals surface area contributed by atoms with Gasteiger partial charge in [0.15, 0.2) is 5.82 Å². The molecule has 122 valence electrons. The highest BCUT2D eigenvalue weighted by molar-refractivity contribution is 7.89.